The van der Waals surface area contributed by atoms with Gasteiger partial charge in [0, 0.05) is 21.5 Å². The Morgan fingerprint density at radius 3 is 2.74 bits per heavy atom. The Kier molecular flexibility index (Phi) is 4.16. The van der Waals surface area contributed by atoms with Crippen LogP contribution in [-0.2, 0) is 6.54 Å². The van der Waals surface area contributed by atoms with Crippen molar-refractivity contribution in [3.8, 4) is 0 Å². The molecule has 2 aliphatic rings. The topological polar surface area (TPSA) is 29.3 Å². The molecule has 4 rings (SSSR count). The zero-order chi connectivity index (χ0) is 15.8. The van der Waals surface area contributed by atoms with Gasteiger partial charge in [-0.25, -0.2) is 0 Å². The summed E-state index contributed by atoms with van der Waals surface area (Å²) in [5.41, 5.74) is 13.5. The number of benzene rings is 2. The number of nitrogens with zero attached hydrogens (tertiary/aromatic N) is 1. The van der Waals surface area contributed by atoms with E-state index in [0.29, 0.717) is 0 Å². The Bertz CT molecular complexity index is 766. The highest BCUT2D eigenvalue weighted by atomic mass is 127. The molecule has 1 heterocycles. The molecule has 2 aromatic rings. The summed E-state index contributed by atoms with van der Waals surface area (Å²) in [5.74, 6) is 0. The lowest BCUT2D eigenvalue weighted by Gasteiger charge is -2.40. The molecule has 0 fully saturated rings. The second-order valence-corrected chi connectivity index (χ2v) is 7.68. The summed E-state index contributed by atoms with van der Waals surface area (Å²) in [6.45, 7) is 0.930. The minimum atomic E-state index is 0.0775. The Morgan fingerprint density at radius 2 is 1.87 bits per heavy atom. The van der Waals surface area contributed by atoms with Gasteiger partial charge in [-0.2, -0.15) is 0 Å². The molecule has 0 aromatic heterocycles. The molecule has 0 radical (unpaired) electrons. The lowest BCUT2D eigenvalue weighted by Crippen LogP contribution is -2.34. The van der Waals surface area contributed by atoms with Gasteiger partial charge in [-0.1, -0.05) is 30.3 Å². The molecule has 0 spiro atoms. The van der Waals surface area contributed by atoms with E-state index in [1.54, 1.807) is 0 Å². The molecule has 23 heavy (non-hydrogen) atoms. The Balaban J connectivity index is 1.79. The van der Waals surface area contributed by atoms with Crippen molar-refractivity contribution in [2.45, 2.75) is 38.3 Å². The molecule has 2 nitrogen and oxygen atoms in total. The van der Waals surface area contributed by atoms with E-state index in [2.05, 4.69) is 76.0 Å². The fourth-order valence-corrected chi connectivity index (χ4v) is 4.49. The standard InChI is InChI=1S/C20H21IN2/c21-15-7-5-6-14(12-15)13-23-18-10-3-1-8-16(18)20(22)17-9-2-4-11-19(17)23/h1,3,5-8,10,12,20H,2,4,9,11,13,22H2. The van der Waals surface area contributed by atoms with Crippen molar-refractivity contribution in [2.24, 2.45) is 5.73 Å². The van der Waals surface area contributed by atoms with E-state index in [9.17, 15) is 0 Å². The van der Waals surface area contributed by atoms with Gasteiger partial charge in [0.1, 0.15) is 0 Å². The van der Waals surface area contributed by atoms with E-state index in [0.717, 1.165) is 19.4 Å². The van der Waals surface area contributed by atoms with Crippen LogP contribution < -0.4 is 10.6 Å². The zero-order valence-corrected chi connectivity index (χ0v) is 15.3. The average molecular weight is 416 g/mol. The third-order valence-corrected chi connectivity index (χ3v) is 5.64. The van der Waals surface area contributed by atoms with Crippen LogP contribution in [0.5, 0.6) is 0 Å². The van der Waals surface area contributed by atoms with Crippen molar-refractivity contribution in [2.75, 3.05) is 4.90 Å². The highest BCUT2D eigenvalue weighted by Gasteiger charge is 2.31. The fourth-order valence-electron chi connectivity index (χ4n) is 3.88. The number of anilines is 1. The molecule has 2 aromatic carbocycles. The second kappa shape index (κ2) is 6.29. The molecule has 0 saturated carbocycles. The fraction of sp³-hybridized carbons (Fsp3) is 0.300. The largest absolute Gasteiger partial charge is 0.340 e. The monoisotopic (exact) mass is 416 g/mol. The summed E-state index contributed by atoms with van der Waals surface area (Å²) < 4.78 is 1.29. The molecule has 2 N–H and O–H groups in total. The summed E-state index contributed by atoms with van der Waals surface area (Å²) in [6.07, 6.45) is 4.84. The van der Waals surface area contributed by atoms with Crippen molar-refractivity contribution in [3.05, 3.63) is 74.5 Å². The van der Waals surface area contributed by atoms with Crippen LogP contribution in [0.3, 0.4) is 0 Å². The van der Waals surface area contributed by atoms with Crippen molar-refractivity contribution >= 4 is 28.3 Å². The number of nitrogens with two attached hydrogens (primary N) is 1. The van der Waals surface area contributed by atoms with Crippen molar-refractivity contribution in [3.63, 3.8) is 0 Å². The Hall–Kier alpha value is -1.33. The number of rotatable bonds is 2. The molecule has 1 atom stereocenters. The van der Waals surface area contributed by atoms with Crippen LogP contribution >= 0.6 is 22.6 Å². The Labute approximate surface area is 151 Å². The Morgan fingerprint density at radius 1 is 1.04 bits per heavy atom. The highest BCUT2D eigenvalue weighted by Crippen LogP contribution is 2.44. The van der Waals surface area contributed by atoms with Crippen LogP contribution in [0.25, 0.3) is 0 Å². The van der Waals surface area contributed by atoms with Crippen molar-refractivity contribution in [1.29, 1.82) is 0 Å². The molecule has 0 bridgehead atoms. The number of fused-ring (bicyclic) bond motifs is 1. The zero-order valence-electron chi connectivity index (χ0n) is 13.1. The first-order valence-electron chi connectivity index (χ1n) is 8.32. The number of hydrogen-bond donors (Lipinski definition) is 1. The van der Waals surface area contributed by atoms with E-state index in [1.165, 1.54) is 44.5 Å². The second-order valence-electron chi connectivity index (χ2n) is 6.43. The lowest BCUT2D eigenvalue weighted by atomic mass is 9.83. The van der Waals surface area contributed by atoms with Gasteiger partial charge in [0.2, 0.25) is 0 Å². The molecule has 3 heteroatoms. The predicted molar refractivity (Wildman–Crippen MR) is 104 cm³/mol. The molecule has 0 saturated heterocycles. The van der Waals surface area contributed by atoms with E-state index in [1.807, 2.05) is 0 Å². The number of para-hydroxylation sites is 1. The van der Waals surface area contributed by atoms with E-state index in [4.69, 9.17) is 5.73 Å². The van der Waals surface area contributed by atoms with Gasteiger partial charge >= 0.3 is 0 Å². The maximum atomic E-state index is 6.59. The van der Waals surface area contributed by atoms with E-state index < -0.39 is 0 Å². The summed E-state index contributed by atoms with van der Waals surface area (Å²) in [7, 11) is 0. The van der Waals surface area contributed by atoms with Gasteiger partial charge in [0.05, 0.1) is 6.04 Å². The third-order valence-electron chi connectivity index (χ3n) is 4.97. The maximum Gasteiger partial charge on any atom is 0.0551 e. The highest BCUT2D eigenvalue weighted by molar-refractivity contribution is 14.1. The lowest BCUT2D eigenvalue weighted by molar-refractivity contribution is 0.586. The summed E-state index contributed by atoms with van der Waals surface area (Å²) >= 11 is 2.39. The molecule has 0 amide bonds. The van der Waals surface area contributed by atoms with Gasteiger partial charge in [-0.05, 0) is 83.2 Å². The predicted octanol–water partition coefficient (Wildman–Crippen LogP) is 5.14. The van der Waals surface area contributed by atoms with Crippen LogP contribution in [0.15, 0.2) is 59.8 Å². The maximum absolute atomic E-state index is 6.59. The molecular weight excluding hydrogens is 395 g/mol. The van der Waals surface area contributed by atoms with Gasteiger partial charge in [0.25, 0.3) is 0 Å². The summed E-state index contributed by atoms with van der Waals surface area (Å²) in [4.78, 5) is 2.51. The van der Waals surface area contributed by atoms with Gasteiger partial charge in [-0.3, -0.25) is 0 Å². The van der Waals surface area contributed by atoms with Crippen molar-refractivity contribution in [1.82, 2.24) is 0 Å². The third kappa shape index (κ3) is 2.81. The molecule has 118 valence electrons. The number of hydrogen-bond acceptors (Lipinski definition) is 2. The number of halogens is 1. The van der Waals surface area contributed by atoms with Crippen molar-refractivity contribution < 1.29 is 0 Å². The molecule has 1 unspecified atom stereocenters. The average Bonchev–Trinajstić information content (AvgIpc) is 2.59. The number of allylic oxidation sites excluding steroid dienone is 1. The van der Waals surface area contributed by atoms with Crippen LogP contribution in [0.1, 0.15) is 42.9 Å². The van der Waals surface area contributed by atoms with Crippen LogP contribution in [0, 0.1) is 3.57 Å². The molecular formula is C20H21IN2. The van der Waals surface area contributed by atoms with Gasteiger partial charge in [0.15, 0.2) is 0 Å². The summed E-state index contributed by atoms with van der Waals surface area (Å²) in [6, 6.07) is 17.5. The minimum Gasteiger partial charge on any atom is -0.340 e. The molecule has 1 aliphatic carbocycles. The van der Waals surface area contributed by atoms with Crippen LogP contribution in [0.4, 0.5) is 5.69 Å². The van der Waals surface area contributed by atoms with Gasteiger partial charge < -0.3 is 10.6 Å². The normalized spacial score (nSPS) is 20.3. The van der Waals surface area contributed by atoms with E-state index in [-0.39, 0.29) is 6.04 Å². The van der Waals surface area contributed by atoms with E-state index >= 15 is 0 Å². The van der Waals surface area contributed by atoms with Gasteiger partial charge in [-0.15, -0.1) is 0 Å². The first kappa shape index (κ1) is 15.2. The smallest absolute Gasteiger partial charge is 0.0551 e. The first-order valence-corrected chi connectivity index (χ1v) is 9.40. The SMILES string of the molecule is NC1C2=C(CCCC2)N(Cc2cccc(I)c2)c2ccccc21. The molecule has 1 aliphatic heterocycles. The van der Waals surface area contributed by atoms with Crippen LogP contribution in [-0.4, -0.2) is 0 Å². The minimum absolute atomic E-state index is 0.0775. The first-order chi connectivity index (χ1) is 11.2. The van der Waals surface area contributed by atoms with Crippen LogP contribution in [0.2, 0.25) is 0 Å². The summed E-state index contributed by atoms with van der Waals surface area (Å²) in [5, 5.41) is 0. The quantitative estimate of drug-likeness (QED) is 0.687.